The first-order chi connectivity index (χ1) is 12.5. The van der Waals surface area contributed by atoms with Crippen molar-refractivity contribution in [1.29, 1.82) is 0 Å². The van der Waals surface area contributed by atoms with Crippen molar-refractivity contribution < 1.29 is 9.59 Å². The van der Waals surface area contributed by atoms with Crippen molar-refractivity contribution >= 4 is 23.2 Å². The molecule has 2 fully saturated rings. The highest BCUT2D eigenvalue weighted by Crippen LogP contribution is 2.34. The first-order valence-corrected chi connectivity index (χ1v) is 11.0. The molecule has 2 unspecified atom stereocenters. The lowest BCUT2D eigenvalue weighted by Crippen LogP contribution is -2.47. The van der Waals surface area contributed by atoms with E-state index >= 15 is 0 Å². The van der Waals surface area contributed by atoms with E-state index in [9.17, 15) is 9.59 Å². The van der Waals surface area contributed by atoms with Gasteiger partial charge in [0.05, 0.1) is 5.56 Å². The van der Waals surface area contributed by atoms with Crippen LogP contribution in [-0.4, -0.2) is 47.3 Å². The Hall–Kier alpha value is -1.36. The molecule has 0 N–H and O–H groups in total. The smallest absolute Gasteiger partial charge is 0.254 e. The molecule has 3 rings (SSSR count). The van der Waals surface area contributed by atoms with Crippen LogP contribution in [0, 0.1) is 5.92 Å². The van der Waals surface area contributed by atoms with Gasteiger partial charge in [-0.1, -0.05) is 20.3 Å². The van der Waals surface area contributed by atoms with Gasteiger partial charge in [-0.15, -0.1) is 11.3 Å². The van der Waals surface area contributed by atoms with Crippen LogP contribution >= 0.6 is 11.3 Å². The van der Waals surface area contributed by atoms with Crippen LogP contribution in [0.4, 0.5) is 0 Å². The maximum Gasteiger partial charge on any atom is 0.254 e. The lowest BCUT2D eigenvalue weighted by molar-refractivity contribution is -0.129. The van der Waals surface area contributed by atoms with Crippen molar-refractivity contribution in [3.8, 4) is 0 Å². The van der Waals surface area contributed by atoms with Crippen molar-refractivity contribution in [2.24, 2.45) is 5.92 Å². The Bertz CT molecular complexity index is 634. The van der Waals surface area contributed by atoms with Crippen LogP contribution < -0.4 is 0 Å². The summed E-state index contributed by atoms with van der Waals surface area (Å²) in [6.07, 6.45) is 6.60. The number of hydrogen-bond acceptors (Lipinski definition) is 3. The van der Waals surface area contributed by atoms with Crippen molar-refractivity contribution in [2.45, 2.75) is 71.3 Å². The molecule has 4 nitrogen and oxygen atoms in total. The second-order valence-electron chi connectivity index (χ2n) is 7.99. The molecule has 0 saturated carbocycles. The predicted molar refractivity (Wildman–Crippen MR) is 107 cm³/mol. The van der Waals surface area contributed by atoms with Gasteiger partial charge in [-0.2, -0.15) is 0 Å². The third kappa shape index (κ3) is 4.13. The molecule has 0 aromatic carbocycles. The minimum Gasteiger partial charge on any atom is -0.343 e. The minimum absolute atomic E-state index is 0.173. The van der Waals surface area contributed by atoms with Crippen LogP contribution in [0.2, 0.25) is 0 Å². The molecule has 26 heavy (non-hydrogen) atoms. The van der Waals surface area contributed by atoms with E-state index < -0.39 is 0 Å². The molecule has 0 spiro atoms. The Labute approximate surface area is 161 Å². The number of amides is 2. The lowest BCUT2D eigenvalue weighted by Gasteiger charge is -2.40. The summed E-state index contributed by atoms with van der Waals surface area (Å²) < 4.78 is 0. The van der Waals surface area contributed by atoms with Crippen LogP contribution in [0.25, 0.3) is 0 Å². The summed E-state index contributed by atoms with van der Waals surface area (Å²) in [4.78, 5) is 30.0. The summed E-state index contributed by atoms with van der Waals surface area (Å²) in [6, 6.07) is 2.52. The predicted octanol–water partition coefficient (Wildman–Crippen LogP) is 4.51. The van der Waals surface area contributed by atoms with E-state index in [1.807, 2.05) is 4.90 Å². The van der Waals surface area contributed by atoms with Gasteiger partial charge in [0, 0.05) is 42.9 Å². The van der Waals surface area contributed by atoms with Crippen LogP contribution in [-0.2, 0) is 4.79 Å². The standard InChI is InChI=1S/C21H32N2O2S/c1-4-6-19-15(2)7-5-10-23(19)21(25)18-13-20(26-14-18)17-8-11-22(12-9-17)16(3)24/h13-15,17,19H,4-12H2,1-3H3. The van der Waals surface area contributed by atoms with Gasteiger partial charge in [0.1, 0.15) is 0 Å². The van der Waals surface area contributed by atoms with Gasteiger partial charge in [0.2, 0.25) is 5.91 Å². The van der Waals surface area contributed by atoms with Crippen LogP contribution in [0.5, 0.6) is 0 Å². The molecule has 1 aromatic rings. The zero-order chi connectivity index (χ0) is 18.7. The average Bonchev–Trinajstić information content (AvgIpc) is 3.13. The molecule has 0 bridgehead atoms. The summed E-state index contributed by atoms with van der Waals surface area (Å²) in [7, 11) is 0. The quantitative estimate of drug-likeness (QED) is 0.775. The van der Waals surface area contributed by atoms with E-state index in [1.54, 1.807) is 18.3 Å². The van der Waals surface area contributed by atoms with E-state index in [1.165, 1.54) is 11.3 Å². The van der Waals surface area contributed by atoms with Gasteiger partial charge in [-0.25, -0.2) is 0 Å². The number of carbonyl (C=O) groups excluding carboxylic acids is 2. The summed E-state index contributed by atoms with van der Waals surface area (Å²) in [5.41, 5.74) is 0.870. The fourth-order valence-corrected chi connectivity index (χ4v) is 5.62. The highest BCUT2D eigenvalue weighted by molar-refractivity contribution is 7.10. The van der Waals surface area contributed by atoms with Gasteiger partial charge < -0.3 is 9.80 Å². The largest absolute Gasteiger partial charge is 0.343 e. The molecule has 2 amide bonds. The van der Waals surface area contributed by atoms with Gasteiger partial charge in [-0.05, 0) is 50.0 Å². The van der Waals surface area contributed by atoms with Crippen molar-refractivity contribution in [3.63, 3.8) is 0 Å². The van der Waals surface area contributed by atoms with E-state index in [0.717, 1.165) is 57.3 Å². The molecule has 2 atom stereocenters. The summed E-state index contributed by atoms with van der Waals surface area (Å²) in [6.45, 7) is 8.72. The Balaban J connectivity index is 1.67. The molecule has 3 heterocycles. The number of rotatable bonds is 4. The Morgan fingerprint density at radius 1 is 1.19 bits per heavy atom. The third-order valence-electron chi connectivity index (χ3n) is 6.17. The average molecular weight is 377 g/mol. The van der Waals surface area contributed by atoms with E-state index in [4.69, 9.17) is 0 Å². The number of likely N-dealkylation sites (tertiary alicyclic amines) is 2. The van der Waals surface area contributed by atoms with Gasteiger partial charge in [0.15, 0.2) is 0 Å². The molecule has 5 heteroatoms. The van der Waals surface area contributed by atoms with Gasteiger partial charge in [-0.3, -0.25) is 9.59 Å². The maximum atomic E-state index is 13.1. The van der Waals surface area contributed by atoms with Crippen LogP contribution in [0.1, 0.15) is 80.4 Å². The Morgan fingerprint density at radius 3 is 2.58 bits per heavy atom. The van der Waals surface area contributed by atoms with Crippen molar-refractivity contribution in [3.05, 3.63) is 21.9 Å². The second-order valence-corrected chi connectivity index (χ2v) is 8.93. The van der Waals surface area contributed by atoms with Gasteiger partial charge >= 0.3 is 0 Å². The van der Waals surface area contributed by atoms with Crippen LogP contribution in [0.3, 0.4) is 0 Å². The molecule has 2 aliphatic heterocycles. The molecule has 0 aliphatic carbocycles. The Kier molecular flexibility index (Phi) is 6.38. The number of piperidine rings is 2. The molecular formula is C21H32N2O2S. The third-order valence-corrected chi connectivity index (χ3v) is 7.27. The SMILES string of the molecule is CCCC1C(C)CCCN1C(=O)c1csc(C2CCN(C(C)=O)CC2)c1. The van der Waals surface area contributed by atoms with E-state index in [0.29, 0.717) is 17.9 Å². The zero-order valence-corrected chi connectivity index (χ0v) is 17.2. The first-order valence-electron chi connectivity index (χ1n) is 10.2. The molecule has 144 valence electrons. The topological polar surface area (TPSA) is 40.6 Å². The first kappa shape index (κ1) is 19.4. The number of thiophene rings is 1. The highest BCUT2D eigenvalue weighted by Gasteiger charge is 2.32. The summed E-state index contributed by atoms with van der Waals surface area (Å²) >= 11 is 1.72. The Morgan fingerprint density at radius 2 is 1.92 bits per heavy atom. The monoisotopic (exact) mass is 376 g/mol. The molecule has 1 aromatic heterocycles. The minimum atomic E-state index is 0.173. The van der Waals surface area contributed by atoms with E-state index in [-0.39, 0.29) is 11.8 Å². The number of carbonyl (C=O) groups is 2. The number of nitrogens with zero attached hydrogens (tertiary/aromatic N) is 2. The molecule has 2 saturated heterocycles. The van der Waals surface area contributed by atoms with Gasteiger partial charge in [0.25, 0.3) is 5.91 Å². The summed E-state index contributed by atoms with van der Waals surface area (Å²) in [5.74, 6) is 1.48. The fraction of sp³-hybridized carbons (Fsp3) is 0.714. The number of hydrogen-bond donors (Lipinski definition) is 0. The highest BCUT2D eigenvalue weighted by atomic mass is 32.1. The summed E-state index contributed by atoms with van der Waals surface area (Å²) in [5, 5.41) is 2.05. The zero-order valence-electron chi connectivity index (χ0n) is 16.4. The molecule has 0 radical (unpaired) electrons. The lowest BCUT2D eigenvalue weighted by atomic mass is 9.87. The molecular weight excluding hydrogens is 344 g/mol. The van der Waals surface area contributed by atoms with Crippen LogP contribution in [0.15, 0.2) is 11.4 Å². The normalized spacial score (nSPS) is 24.7. The molecule has 2 aliphatic rings. The van der Waals surface area contributed by atoms with Crippen molar-refractivity contribution in [2.75, 3.05) is 19.6 Å². The fourth-order valence-electron chi connectivity index (χ4n) is 4.56. The van der Waals surface area contributed by atoms with Crippen molar-refractivity contribution in [1.82, 2.24) is 9.80 Å². The van der Waals surface area contributed by atoms with E-state index in [2.05, 4.69) is 30.2 Å². The maximum absolute atomic E-state index is 13.1. The second kappa shape index (κ2) is 8.55.